The Bertz CT molecular complexity index is 191. The van der Waals surface area contributed by atoms with Gasteiger partial charge in [0, 0.05) is 5.92 Å². The lowest BCUT2D eigenvalue weighted by Gasteiger charge is -2.07. The third kappa shape index (κ3) is 2.00. The molecule has 2 rings (SSSR count). The molecule has 3 nitrogen and oxygen atoms in total. The van der Waals surface area contributed by atoms with Gasteiger partial charge < -0.3 is 9.47 Å². The molecular formula is C8H12O3S. The van der Waals surface area contributed by atoms with Gasteiger partial charge in [-0.1, -0.05) is 18.7 Å². The van der Waals surface area contributed by atoms with Crippen LogP contribution in [0.2, 0.25) is 0 Å². The summed E-state index contributed by atoms with van der Waals surface area (Å²) in [5.41, 5.74) is 0.0803. The highest BCUT2D eigenvalue weighted by Gasteiger charge is 2.32. The van der Waals surface area contributed by atoms with E-state index in [0.29, 0.717) is 12.7 Å². The van der Waals surface area contributed by atoms with Gasteiger partial charge in [-0.25, -0.2) is 0 Å². The van der Waals surface area contributed by atoms with Gasteiger partial charge in [-0.15, -0.1) is 0 Å². The maximum atomic E-state index is 11.1. The first-order chi connectivity index (χ1) is 5.75. The van der Waals surface area contributed by atoms with Crippen molar-refractivity contribution in [2.45, 2.75) is 24.9 Å². The van der Waals surface area contributed by atoms with E-state index >= 15 is 0 Å². The minimum atomic E-state index is 0.0803. The standard InChI is InChI=1S/C8H12O3S/c1-5-2-7(12-8(5)9)11-4-6-3-10-6/h5-7H,2-4H2,1H3. The van der Waals surface area contributed by atoms with Gasteiger partial charge in [0.2, 0.25) is 0 Å². The molecule has 0 aromatic rings. The average Bonchev–Trinajstić information content (AvgIpc) is 2.78. The van der Waals surface area contributed by atoms with E-state index in [1.54, 1.807) is 0 Å². The summed E-state index contributed by atoms with van der Waals surface area (Å²) >= 11 is 1.33. The zero-order chi connectivity index (χ0) is 8.55. The molecule has 68 valence electrons. The topological polar surface area (TPSA) is 38.8 Å². The highest BCUT2D eigenvalue weighted by molar-refractivity contribution is 8.14. The van der Waals surface area contributed by atoms with Crippen molar-refractivity contribution in [3.8, 4) is 0 Å². The molecule has 0 spiro atoms. The largest absolute Gasteiger partial charge is 0.371 e. The highest BCUT2D eigenvalue weighted by Crippen LogP contribution is 2.33. The molecule has 2 heterocycles. The highest BCUT2D eigenvalue weighted by atomic mass is 32.2. The van der Waals surface area contributed by atoms with Crippen molar-refractivity contribution in [1.29, 1.82) is 0 Å². The SMILES string of the molecule is CC1CC(OCC2CO2)SC1=O. The fraction of sp³-hybridized carbons (Fsp3) is 0.875. The van der Waals surface area contributed by atoms with Crippen molar-refractivity contribution in [2.24, 2.45) is 5.92 Å². The van der Waals surface area contributed by atoms with E-state index in [2.05, 4.69) is 0 Å². The molecule has 0 aliphatic carbocycles. The first kappa shape index (κ1) is 8.53. The van der Waals surface area contributed by atoms with Gasteiger partial charge in [0.1, 0.15) is 11.5 Å². The maximum Gasteiger partial charge on any atom is 0.194 e. The van der Waals surface area contributed by atoms with Crippen LogP contribution in [0.3, 0.4) is 0 Å². The lowest BCUT2D eigenvalue weighted by atomic mass is 10.1. The van der Waals surface area contributed by atoms with Crippen molar-refractivity contribution in [3.63, 3.8) is 0 Å². The van der Waals surface area contributed by atoms with E-state index in [1.807, 2.05) is 6.92 Å². The number of epoxide rings is 1. The molecule has 12 heavy (non-hydrogen) atoms. The second-order valence-electron chi connectivity index (χ2n) is 3.29. The average molecular weight is 188 g/mol. The van der Waals surface area contributed by atoms with Gasteiger partial charge in [-0.3, -0.25) is 4.79 Å². The normalized spacial score (nSPS) is 40.4. The predicted molar refractivity (Wildman–Crippen MR) is 45.9 cm³/mol. The molecule has 4 heteroatoms. The minimum Gasteiger partial charge on any atom is -0.371 e. The van der Waals surface area contributed by atoms with Crippen molar-refractivity contribution < 1.29 is 14.3 Å². The number of hydrogen-bond donors (Lipinski definition) is 0. The Kier molecular flexibility index (Phi) is 2.39. The van der Waals surface area contributed by atoms with Crippen molar-refractivity contribution in [3.05, 3.63) is 0 Å². The molecule has 2 aliphatic rings. The zero-order valence-corrected chi connectivity index (χ0v) is 7.80. The van der Waals surface area contributed by atoms with Gasteiger partial charge in [0.15, 0.2) is 5.12 Å². The van der Waals surface area contributed by atoms with Crippen LogP contribution < -0.4 is 0 Å². The van der Waals surface area contributed by atoms with E-state index in [9.17, 15) is 4.79 Å². The van der Waals surface area contributed by atoms with Crippen molar-refractivity contribution >= 4 is 16.9 Å². The number of carbonyl (C=O) groups excluding carboxylic acids is 1. The first-order valence-electron chi connectivity index (χ1n) is 4.19. The first-order valence-corrected chi connectivity index (χ1v) is 5.07. The van der Waals surface area contributed by atoms with E-state index in [-0.39, 0.29) is 16.5 Å². The molecule has 0 aromatic heterocycles. The molecule has 0 saturated carbocycles. The summed E-state index contributed by atoms with van der Waals surface area (Å²) in [6.45, 7) is 3.42. The summed E-state index contributed by atoms with van der Waals surface area (Å²) in [7, 11) is 0. The second kappa shape index (κ2) is 3.36. The Labute approximate surface area is 75.8 Å². The Balaban J connectivity index is 1.71. The number of carbonyl (C=O) groups is 1. The Morgan fingerprint density at radius 3 is 3.00 bits per heavy atom. The fourth-order valence-corrected chi connectivity index (χ4v) is 2.28. The van der Waals surface area contributed by atoms with Crippen LogP contribution >= 0.6 is 11.8 Å². The minimum absolute atomic E-state index is 0.0803. The van der Waals surface area contributed by atoms with Crippen molar-refractivity contribution in [2.75, 3.05) is 13.2 Å². The molecule has 2 aliphatic heterocycles. The molecule has 0 N–H and O–H groups in total. The molecule has 3 unspecified atom stereocenters. The van der Waals surface area contributed by atoms with E-state index in [1.165, 1.54) is 11.8 Å². The Hall–Kier alpha value is -0.0600. The molecule has 3 atom stereocenters. The van der Waals surface area contributed by atoms with Crippen molar-refractivity contribution in [1.82, 2.24) is 0 Å². The third-order valence-electron chi connectivity index (χ3n) is 2.07. The van der Waals surface area contributed by atoms with Gasteiger partial charge in [-0.05, 0) is 6.42 Å². The van der Waals surface area contributed by atoms with Gasteiger partial charge in [0.05, 0.1) is 13.2 Å². The summed E-state index contributed by atoms with van der Waals surface area (Å²) in [6.07, 6.45) is 1.16. The van der Waals surface area contributed by atoms with Crippen LogP contribution in [0.15, 0.2) is 0 Å². The summed E-state index contributed by atoms with van der Waals surface area (Å²) in [4.78, 5) is 11.1. The monoisotopic (exact) mass is 188 g/mol. The smallest absolute Gasteiger partial charge is 0.194 e. The second-order valence-corrected chi connectivity index (χ2v) is 4.46. The number of ether oxygens (including phenoxy) is 2. The van der Waals surface area contributed by atoms with E-state index in [4.69, 9.17) is 9.47 Å². The van der Waals surface area contributed by atoms with Crippen LogP contribution in [0.1, 0.15) is 13.3 Å². The van der Waals surface area contributed by atoms with Gasteiger partial charge >= 0.3 is 0 Å². The number of thioether (sulfide) groups is 1. The summed E-state index contributed by atoms with van der Waals surface area (Å²) in [5, 5.41) is 0.261. The molecule has 0 aromatic carbocycles. The Morgan fingerprint density at radius 2 is 2.50 bits per heavy atom. The van der Waals surface area contributed by atoms with E-state index in [0.717, 1.165) is 13.0 Å². The predicted octanol–water partition coefficient (Wildman–Crippen LogP) is 1.03. The Morgan fingerprint density at radius 1 is 1.75 bits per heavy atom. The fourth-order valence-electron chi connectivity index (χ4n) is 1.16. The van der Waals surface area contributed by atoms with Crippen LogP contribution in [-0.4, -0.2) is 29.9 Å². The lowest BCUT2D eigenvalue weighted by molar-refractivity contribution is -0.113. The third-order valence-corrected chi connectivity index (χ3v) is 3.29. The van der Waals surface area contributed by atoms with Crippen LogP contribution in [0.5, 0.6) is 0 Å². The van der Waals surface area contributed by atoms with Crippen LogP contribution in [0.4, 0.5) is 0 Å². The maximum absolute atomic E-state index is 11.1. The molecule has 0 bridgehead atoms. The zero-order valence-electron chi connectivity index (χ0n) is 6.99. The summed E-state index contributed by atoms with van der Waals surface area (Å²) in [5.74, 6) is 0.167. The quantitative estimate of drug-likeness (QED) is 0.620. The van der Waals surface area contributed by atoms with Gasteiger partial charge in [-0.2, -0.15) is 0 Å². The number of hydrogen-bond acceptors (Lipinski definition) is 4. The molecular weight excluding hydrogens is 176 g/mol. The molecule has 2 fully saturated rings. The van der Waals surface area contributed by atoms with Crippen LogP contribution in [0, 0.1) is 5.92 Å². The number of rotatable bonds is 3. The molecule has 0 radical (unpaired) electrons. The van der Waals surface area contributed by atoms with E-state index < -0.39 is 0 Å². The lowest BCUT2D eigenvalue weighted by Crippen LogP contribution is -2.10. The van der Waals surface area contributed by atoms with Gasteiger partial charge in [0.25, 0.3) is 0 Å². The molecule has 2 saturated heterocycles. The van der Waals surface area contributed by atoms with Crippen LogP contribution in [-0.2, 0) is 14.3 Å². The van der Waals surface area contributed by atoms with Crippen LogP contribution in [0.25, 0.3) is 0 Å². The summed E-state index contributed by atoms with van der Waals surface area (Å²) < 4.78 is 10.5. The summed E-state index contributed by atoms with van der Waals surface area (Å²) in [6, 6.07) is 0. The molecule has 0 amide bonds.